The van der Waals surface area contributed by atoms with Gasteiger partial charge in [-0.25, -0.2) is 0 Å². The Labute approximate surface area is 172 Å². The van der Waals surface area contributed by atoms with Crippen molar-refractivity contribution in [3.63, 3.8) is 0 Å². The molecule has 2 atom stereocenters. The summed E-state index contributed by atoms with van der Waals surface area (Å²) in [5, 5.41) is 19.2. The smallest absolute Gasteiger partial charge is 0.306 e. The lowest BCUT2D eigenvalue weighted by molar-refractivity contribution is -0.329. The van der Waals surface area contributed by atoms with Gasteiger partial charge in [0.15, 0.2) is 6.10 Å². The Balaban J connectivity index is 1.83. The van der Waals surface area contributed by atoms with Gasteiger partial charge >= 0.3 is 5.97 Å². The summed E-state index contributed by atoms with van der Waals surface area (Å²) in [4.78, 5) is 11.8. The van der Waals surface area contributed by atoms with Gasteiger partial charge in [0.1, 0.15) is 0 Å². The molecule has 2 unspecified atom stereocenters. The van der Waals surface area contributed by atoms with E-state index in [9.17, 15) is 15.0 Å². The highest BCUT2D eigenvalue weighted by Gasteiger charge is 2.46. The van der Waals surface area contributed by atoms with E-state index in [2.05, 4.69) is 6.92 Å². The summed E-state index contributed by atoms with van der Waals surface area (Å²) in [5.74, 6) is -1.85. The molecule has 0 aromatic carbocycles. The van der Waals surface area contributed by atoms with E-state index in [-0.39, 0.29) is 5.97 Å². The quantitative estimate of drug-likeness (QED) is 0.228. The Morgan fingerprint density at radius 1 is 0.893 bits per heavy atom. The van der Waals surface area contributed by atoms with E-state index in [1.165, 1.54) is 77.0 Å². The predicted molar refractivity (Wildman–Crippen MR) is 112 cm³/mol. The molecule has 0 aromatic heterocycles. The molecular weight excluding hydrogens is 356 g/mol. The van der Waals surface area contributed by atoms with Gasteiger partial charge in [-0.05, 0) is 6.42 Å². The summed E-state index contributed by atoms with van der Waals surface area (Å²) in [7, 11) is 0. The van der Waals surface area contributed by atoms with Crippen LogP contribution in [-0.4, -0.2) is 41.3 Å². The molecular formula is C23H44O5. The van der Waals surface area contributed by atoms with Gasteiger partial charge in [0, 0.05) is 12.8 Å². The number of hydrogen-bond acceptors (Lipinski definition) is 5. The monoisotopic (exact) mass is 400 g/mol. The van der Waals surface area contributed by atoms with E-state index in [1.807, 2.05) is 0 Å². The molecule has 0 radical (unpaired) electrons. The van der Waals surface area contributed by atoms with E-state index in [4.69, 9.17) is 9.47 Å². The zero-order valence-electron chi connectivity index (χ0n) is 18.1. The van der Waals surface area contributed by atoms with Crippen molar-refractivity contribution in [2.24, 2.45) is 0 Å². The lowest BCUT2D eigenvalue weighted by Gasteiger charge is -2.41. The van der Waals surface area contributed by atoms with Crippen LogP contribution in [-0.2, 0) is 14.3 Å². The first kappa shape index (κ1) is 25.4. The summed E-state index contributed by atoms with van der Waals surface area (Å²) in [6.45, 7) is 2.28. The summed E-state index contributed by atoms with van der Waals surface area (Å²) in [6, 6.07) is 0. The molecule has 5 nitrogen and oxygen atoms in total. The molecule has 0 saturated carbocycles. The van der Waals surface area contributed by atoms with Gasteiger partial charge < -0.3 is 19.7 Å². The number of aliphatic hydroxyl groups is 2. The van der Waals surface area contributed by atoms with Crippen molar-refractivity contribution in [3.05, 3.63) is 0 Å². The summed E-state index contributed by atoms with van der Waals surface area (Å²) < 4.78 is 10.2. The van der Waals surface area contributed by atoms with E-state index < -0.39 is 18.5 Å². The Morgan fingerprint density at radius 3 is 1.68 bits per heavy atom. The molecule has 1 rings (SSSR count). The van der Waals surface area contributed by atoms with Crippen LogP contribution in [0.15, 0.2) is 0 Å². The average molecular weight is 401 g/mol. The molecule has 166 valence electrons. The van der Waals surface area contributed by atoms with Crippen molar-refractivity contribution >= 4 is 5.97 Å². The number of ether oxygens (including phenoxy) is 2. The Morgan fingerprint density at radius 2 is 1.32 bits per heavy atom. The number of carbonyl (C=O) groups is 1. The van der Waals surface area contributed by atoms with Crippen LogP contribution in [0.5, 0.6) is 0 Å². The van der Waals surface area contributed by atoms with E-state index >= 15 is 0 Å². The molecule has 1 fully saturated rings. The Hall–Kier alpha value is -0.650. The van der Waals surface area contributed by atoms with Crippen molar-refractivity contribution in [2.75, 3.05) is 13.2 Å². The van der Waals surface area contributed by atoms with Crippen LogP contribution >= 0.6 is 0 Å². The van der Waals surface area contributed by atoms with Crippen LogP contribution in [0.4, 0.5) is 0 Å². The van der Waals surface area contributed by atoms with Gasteiger partial charge in [-0.3, -0.25) is 4.79 Å². The highest BCUT2D eigenvalue weighted by molar-refractivity contribution is 5.69. The van der Waals surface area contributed by atoms with Crippen molar-refractivity contribution in [3.8, 4) is 0 Å². The molecule has 1 aliphatic rings. The van der Waals surface area contributed by atoms with Crippen molar-refractivity contribution in [1.82, 2.24) is 0 Å². The highest BCUT2D eigenvalue weighted by atomic mass is 16.7. The van der Waals surface area contributed by atoms with E-state index in [0.717, 1.165) is 19.3 Å². The molecule has 0 aromatic rings. The average Bonchev–Trinajstić information content (AvgIpc) is 2.67. The van der Waals surface area contributed by atoms with Crippen LogP contribution in [0.25, 0.3) is 0 Å². The zero-order valence-corrected chi connectivity index (χ0v) is 18.1. The fourth-order valence-electron chi connectivity index (χ4n) is 3.70. The fraction of sp³-hybridized carbons (Fsp3) is 0.957. The van der Waals surface area contributed by atoms with Gasteiger partial charge in [0.2, 0.25) is 5.79 Å². The molecule has 5 heteroatoms. The largest absolute Gasteiger partial charge is 0.454 e. The van der Waals surface area contributed by atoms with Crippen molar-refractivity contribution in [1.29, 1.82) is 0 Å². The van der Waals surface area contributed by atoms with Crippen LogP contribution in [0.1, 0.15) is 116 Å². The molecule has 0 aliphatic carbocycles. The van der Waals surface area contributed by atoms with E-state index in [0.29, 0.717) is 19.4 Å². The number of esters is 1. The number of aliphatic hydroxyl groups excluding tert-OH is 1. The molecule has 1 heterocycles. The number of hydrogen-bond donors (Lipinski definition) is 2. The third-order valence-electron chi connectivity index (χ3n) is 5.74. The predicted octanol–water partition coefficient (Wildman–Crippen LogP) is 5.26. The maximum Gasteiger partial charge on any atom is 0.306 e. The first-order valence-electron chi connectivity index (χ1n) is 11.8. The summed E-state index contributed by atoms with van der Waals surface area (Å²) in [5.41, 5.74) is 0. The van der Waals surface area contributed by atoms with Gasteiger partial charge in [0.25, 0.3) is 0 Å². The van der Waals surface area contributed by atoms with Crippen LogP contribution in [0.3, 0.4) is 0 Å². The normalized spacial score (nSPS) is 20.0. The van der Waals surface area contributed by atoms with E-state index in [1.54, 1.807) is 0 Å². The molecule has 1 saturated heterocycles. The number of carbonyl (C=O) groups excluding carboxylic acids is 1. The first-order chi connectivity index (χ1) is 13.6. The van der Waals surface area contributed by atoms with Crippen molar-refractivity contribution < 1.29 is 24.5 Å². The summed E-state index contributed by atoms with van der Waals surface area (Å²) >= 11 is 0. The third-order valence-corrected chi connectivity index (χ3v) is 5.74. The van der Waals surface area contributed by atoms with Gasteiger partial charge in [-0.1, -0.05) is 96.8 Å². The SMILES string of the molecule is CCCCCCCCCCCCCCCCCC(=O)OC(CO)C1(O)CCO1. The van der Waals surface area contributed by atoms with Crippen LogP contribution in [0, 0.1) is 0 Å². The maximum absolute atomic E-state index is 11.8. The molecule has 0 bridgehead atoms. The molecule has 0 amide bonds. The minimum atomic E-state index is -1.49. The van der Waals surface area contributed by atoms with Crippen LogP contribution < -0.4 is 0 Å². The van der Waals surface area contributed by atoms with Gasteiger partial charge in [-0.15, -0.1) is 0 Å². The fourth-order valence-corrected chi connectivity index (χ4v) is 3.70. The van der Waals surface area contributed by atoms with Crippen molar-refractivity contribution in [2.45, 2.75) is 128 Å². The summed E-state index contributed by atoms with van der Waals surface area (Å²) in [6.07, 6.45) is 19.1. The molecule has 28 heavy (non-hydrogen) atoms. The molecule has 2 N–H and O–H groups in total. The number of unbranched alkanes of at least 4 members (excludes halogenated alkanes) is 14. The first-order valence-corrected chi connectivity index (χ1v) is 11.8. The molecule has 0 spiro atoms. The molecule has 1 aliphatic heterocycles. The minimum Gasteiger partial charge on any atom is -0.454 e. The maximum atomic E-state index is 11.8. The Kier molecular flexibility index (Phi) is 14.7. The third kappa shape index (κ3) is 11.4. The highest BCUT2D eigenvalue weighted by Crippen LogP contribution is 2.29. The Bertz CT molecular complexity index is 381. The lowest BCUT2D eigenvalue weighted by Crippen LogP contribution is -2.56. The second-order valence-corrected chi connectivity index (χ2v) is 8.30. The second kappa shape index (κ2) is 16.2. The lowest BCUT2D eigenvalue weighted by atomic mass is 10.0. The van der Waals surface area contributed by atoms with Crippen LogP contribution in [0.2, 0.25) is 0 Å². The minimum absolute atomic E-state index is 0.338. The zero-order chi connectivity index (χ0) is 20.5. The van der Waals surface area contributed by atoms with Gasteiger partial charge in [0.05, 0.1) is 13.2 Å². The topological polar surface area (TPSA) is 76.0 Å². The van der Waals surface area contributed by atoms with Gasteiger partial charge in [-0.2, -0.15) is 0 Å². The number of rotatable bonds is 19. The second-order valence-electron chi connectivity index (χ2n) is 8.30. The standard InChI is InChI=1S/C23H44O5/c1-2-3-4-5-6-7-8-9-10-11-12-13-14-15-16-17-22(25)28-21(20-24)23(26)18-19-27-23/h21,24,26H,2-20H2,1H3.